The van der Waals surface area contributed by atoms with Gasteiger partial charge < -0.3 is 25.2 Å². The zero-order valence-electron chi connectivity index (χ0n) is 25.9. The summed E-state index contributed by atoms with van der Waals surface area (Å²) in [6.45, 7) is 4.56. The van der Waals surface area contributed by atoms with Crippen molar-refractivity contribution in [1.29, 1.82) is 0 Å². The second kappa shape index (κ2) is 15.9. The number of hydrogen-bond donors (Lipinski definition) is 3. The number of benzene rings is 2. The summed E-state index contributed by atoms with van der Waals surface area (Å²) in [5.74, 6) is -0.0820. The van der Waals surface area contributed by atoms with Crippen LogP contribution in [-0.4, -0.2) is 52.4 Å². The molecule has 0 saturated heterocycles. The number of carboxylic acid groups (broad SMARTS) is 1. The molecule has 44 heavy (non-hydrogen) atoms. The molecule has 3 aromatic rings. The number of ether oxygens (including phenoxy) is 2. The molecule has 1 aromatic heterocycles. The Labute approximate surface area is 259 Å². The SMILES string of the molecule is COc1cccc(OCc2ccccc2)c1-c1cc(C(=O)N[C@H](CC(=O)NCC(=O)O)CC(C)C)nn1CC1CCCCC1. The van der Waals surface area contributed by atoms with E-state index in [1.807, 2.05) is 67.1 Å². The molecule has 1 saturated carbocycles. The van der Waals surface area contributed by atoms with Crippen molar-refractivity contribution in [3.05, 3.63) is 65.9 Å². The first-order valence-electron chi connectivity index (χ1n) is 15.4. The summed E-state index contributed by atoms with van der Waals surface area (Å²) in [5, 5.41) is 19.1. The molecule has 2 aromatic carbocycles. The average molecular weight is 605 g/mol. The molecule has 0 radical (unpaired) electrons. The van der Waals surface area contributed by atoms with Gasteiger partial charge in [0.15, 0.2) is 5.69 Å². The molecule has 1 heterocycles. The van der Waals surface area contributed by atoms with Crippen LogP contribution in [0.15, 0.2) is 54.6 Å². The van der Waals surface area contributed by atoms with Gasteiger partial charge in [-0.15, -0.1) is 0 Å². The Morgan fingerprint density at radius 2 is 1.75 bits per heavy atom. The Bertz CT molecular complexity index is 1400. The van der Waals surface area contributed by atoms with Crippen LogP contribution in [0.1, 0.15) is 74.8 Å². The van der Waals surface area contributed by atoms with Gasteiger partial charge in [0, 0.05) is 19.0 Å². The van der Waals surface area contributed by atoms with Crippen molar-refractivity contribution in [2.24, 2.45) is 11.8 Å². The Morgan fingerprint density at radius 3 is 2.43 bits per heavy atom. The van der Waals surface area contributed by atoms with E-state index in [0.717, 1.165) is 29.7 Å². The normalized spacial score (nSPS) is 14.2. The summed E-state index contributed by atoms with van der Waals surface area (Å²) in [5.41, 5.74) is 2.71. The van der Waals surface area contributed by atoms with E-state index >= 15 is 0 Å². The summed E-state index contributed by atoms with van der Waals surface area (Å²) in [6.07, 6.45) is 6.31. The third kappa shape index (κ3) is 9.33. The molecule has 1 aliphatic rings. The molecule has 236 valence electrons. The number of hydrogen-bond acceptors (Lipinski definition) is 6. The highest BCUT2D eigenvalue weighted by atomic mass is 16.5. The highest BCUT2D eigenvalue weighted by Crippen LogP contribution is 2.40. The lowest BCUT2D eigenvalue weighted by Crippen LogP contribution is -2.41. The molecule has 2 amide bonds. The Hall–Kier alpha value is -4.34. The van der Waals surface area contributed by atoms with Crippen molar-refractivity contribution in [2.45, 2.75) is 78.0 Å². The number of aliphatic carboxylic acids is 1. The number of carbonyl (C=O) groups excluding carboxylic acids is 2. The van der Waals surface area contributed by atoms with E-state index < -0.39 is 30.4 Å². The molecule has 4 rings (SSSR count). The molecule has 0 spiro atoms. The van der Waals surface area contributed by atoms with E-state index in [1.165, 1.54) is 19.3 Å². The van der Waals surface area contributed by atoms with Gasteiger partial charge in [-0.3, -0.25) is 19.1 Å². The van der Waals surface area contributed by atoms with Crippen LogP contribution in [0.25, 0.3) is 11.3 Å². The molecule has 1 fully saturated rings. The van der Waals surface area contributed by atoms with Crippen LogP contribution >= 0.6 is 0 Å². The van der Waals surface area contributed by atoms with Crippen molar-refractivity contribution in [3.63, 3.8) is 0 Å². The van der Waals surface area contributed by atoms with Gasteiger partial charge in [-0.2, -0.15) is 5.10 Å². The minimum absolute atomic E-state index is 0.0309. The lowest BCUT2D eigenvalue weighted by atomic mass is 9.89. The summed E-state index contributed by atoms with van der Waals surface area (Å²) < 4.78 is 14.0. The number of amides is 2. The first-order chi connectivity index (χ1) is 21.2. The predicted octanol–water partition coefficient (Wildman–Crippen LogP) is 5.45. The van der Waals surface area contributed by atoms with Gasteiger partial charge in [0.05, 0.1) is 18.4 Å². The van der Waals surface area contributed by atoms with E-state index in [1.54, 1.807) is 13.2 Å². The Balaban J connectivity index is 1.65. The van der Waals surface area contributed by atoms with Crippen LogP contribution in [-0.2, 0) is 22.7 Å². The molecule has 10 heteroatoms. The maximum Gasteiger partial charge on any atom is 0.322 e. The first kappa shape index (κ1) is 32.6. The molecule has 1 atom stereocenters. The van der Waals surface area contributed by atoms with E-state index in [4.69, 9.17) is 19.7 Å². The lowest BCUT2D eigenvalue weighted by Gasteiger charge is -2.23. The van der Waals surface area contributed by atoms with Crippen molar-refractivity contribution >= 4 is 17.8 Å². The van der Waals surface area contributed by atoms with Gasteiger partial charge in [0.1, 0.15) is 24.7 Å². The summed E-state index contributed by atoms with van der Waals surface area (Å²) in [4.78, 5) is 37.0. The quantitative estimate of drug-likeness (QED) is 0.210. The summed E-state index contributed by atoms with van der Waals surface area (Å²) >= 11 is 0. The van der Waals surface area contributed by atoms with Crippen LogP contribution in [0, 0.1) is 11.8 Å². The fourth-order valence-corrected chi connectivity index (χ4v) is 5.76. The van der Waals surface area contributed by atoms with Crippen molar-refractivity contribution < 1.29 is 29.0 Å². The van der Waals surface area contributed by atoms with Crippen molar-refractivity contribution in [3.8, 4) is 22.8 Å². The minimum atomic E-state index is -1.12. The molecular weight excluding hydrogens is 560 g/mol. The number of methoxy groups -OCH3 is 1. The maximum atomic E-state index is 13.6. The van der Waals surface area contributed by atoms with E-state index in [0.29, 0.717) is 37.0 Å². The number of aromatic nitrogens is 2. The standard InChI is InChI=1S/C34H44N4O6/c1-23(2)17-26(18-31(39)35-20-32(40)41)36-34(42)27-19-28(38(37-27)21-24-11-6-4-7-12-24)33-29(43-3)15-10-16-30(33)44-22-25-13-8-5-9-14-25/h5,8-10,13-16,19,23-24,26H,4,6-7,11-12,17-18,20-22H2,1-3H3,(H,35,39)(H,36,42)(H,40,41)/t26-/m0/s1. The molecule has 0 aliphatic heterocycles. The zero-order chi connectivity index (χ0) is 31.5. The Kier molecular flexibility index (Phi) is 11.8. The number of carboxylic acids is 1. The number of nitrogens with one attached hydrogen (secondary N) is 2. The third-order valence-electron chi connectivity index (χ3n) is 7.83. The summed E-state index contributed by atoms with van der Waals surface area (Å²) in [7, 11) is 1.61. The van der Waals surface area contributed by atoms with Crippen molar-refractivity contribution in [2.75, 3.05) is 13.7 Å². The fraction of sp³-hybridized carbons (Fsp3) is 0.471. The second-order valence-corrected chi connectivity index (χ2v) is 11.9. The molecule has 3 N–H and O–H groups in total. The first-order valence-corrected chi connectivity index (χ1v) is 15.4. The van der Waals surface area contributed by atoms with Crippen LogP contribution < -0.4 is 20.1 Å². The van der Waals surface area contributed by atoms with Crippen LogP contribution in [0.3, 0.4) is 0 Å². The molecular formula is C34H44N4O6. The van der Waals surface area contributed by atoms with Gasteiger partial charge in [0.25, 0.3) is 5.91 Å². The number of nitrogens with zero attached hydrogens (tertiary/aromatic N) is 2. The largest absolute Gasteiger partial charge is 0.496 e. The van der Waals surface area contributed by atoms with Crippen LogP contribution in [0.2, 0.25) is 0 Å². The van der Waals surface area contributed by atoms with Gasteiger partial charge in [0.2, 0.25) is 5.91 Å². The predicted molar refractivity (Wildman–Crippen MR) is 168 cm³/mol. The van der Waals surface area contributed by atoms with Crippen LogP contribution in [0.4, 0.5) is 0 Å². The topological polar surface area (TPSA) is 132 Å². The lowest BCUT2D eigenvalue weighted by molar-refractivity contribution is -0.138. The minimum Gasteiger partial charge on any atom is -0.496 e. The van der Waals surface area contributed by atoms with Crippen molar-refractivity contribution in [1.82, 2.24) is 20.4 Å². The average Bonchev–Trinajstić information content (AvgIpc) is 3.42. The van der Waals surface area contributed by atoms with Gasteiger partial charge >= 0.3 is 5.97 Å². The number of rotatable bonds is 15. The molecule has 0 unspecified atom stereocenters. The number of carbonyl (C=O) groups is 3. The zero-order valence-corrected chi connectivity index (χ0v) is 25.9. The fourth-order valence-electron chi connectivity index (χ4n) is 5.76. The maximum absolute atomic E-state index is 13.6. The monoisotopic (exact) mass is 604 g/mol. The summed E-state index contributed by atoms with van der Waals surface area (Å²) in [6, 6.07) is 16.8. The van der Waals surface area contributed by atoms with E-state index in [9.17, 15) is 14.4 Å². The third-order valence-corrected chi connectivity index (χ3v) is 7.83. The van der Waals surface area contributed by atoms with Gasteiger partial charge in [-0.25, -0.2) is 0 Å². The van der Waals surface area contributed by atoms with E-state index in [-0.39, 0.29) is 18.0 Å². The van der Waals surface area contributed by atoms with Gasteiger partial charge in [-0.1, -0.05) is 69.5 Å². The molecule has 1 aliphatic carbocycles. The molecule has 10 nitrogen and oxygen atoms in total. The second-order valence-electron chi connectivity index (χ2n) is 11.9. The van der Waals surface area contributed by atoms with Crippen LogP contribution in [0.5, 0.6) is 11.5 Å². The Morgan fingerprint density at radius 1 is 1.02 bits per heavy atom. The highest BCUT2D eigenvalue weighted by molar-refractivity contribution is 5.94. The smallest absolute Gasteiger partial charge is 0.322 e. The molecule has 0 bridgehead atoms. The van der Waals surface area contributed by atoms with E-state index in [2.05, 4.69) is 10.6 Å². The van der Waals surface area contributed by atoms with Gasteiger partial charge in [-0.05, 0) is 54.9 Å². The highest BCUT2D eigenvalue weighted by Gasteiger charge is 2.26.